The number of halogens is 1. The van der Waals surface area contributed by atoms with Crippen molar-refractivity contribution in [1.82, 2.24) is 14.8 Å². The van der Waals surface area contributed by atoms with Crippen molar-refractivity contribution in [2.24, 2.45) is 0 Å². The van der Waals surface area contributed by atoms with Crippen molar-refractivity contribution >= 4 is 5.91 Å². The molecule has 3 rings (SSSR count). The summed E-state index contributed by atoms with van der Waals surface area (Å²) in [7, 11) is 0. The van der Waals surface area contributed by atoms with Gasteiger partial charge in [-0.3, -0.25) is 14.7 Å². The van der Waals surface area contributed by atoms with E-state index in [0.29, 0.717) is 12.2 Å². The largest absolute Gasteiger partial charge is 0.493 e. The smallest absolute Gasteiger partial charge is 0.226 e. The first-order valence-corrected chi connectivity index (χ1v) is 8.48. The highest BCUT2D eigenvalue weighted by Gasteiger charge is 2.20. The lowest BCUT2D eigenvalue weighted by Gasteiger charge is -2.34. The normalized spacial score (nSPS) is 15.2. The van der Waals surface area contributed by atoms with Gasteiger partial charge >= 0.3 is 0 Å². The van der Waals surface area contributed by atoms with Gasteiger partial charge in [-0.15, -0.1) is 0 Å². The Kier molecular flexibility index (Phi) is 5.95. The van der Waals surface area contributed by atoms with Gasteiger partial charge in [0.05, 0.1) is 13.0 Å². The molecule has 0 bridgehead atoms. The first-order chi connectivity index (χ1) is 12.2. The maximum atomic E-state index is 13.1. The molecule has 1 aliphatic rings. The second-order valence-corrected chi connectivity index (χ2v) is 6.07. The molecule has 6 heteroatoms. The molecule has 5 nitrogen and oxygen atoms in total. The third kappa shape index (κ3) is 5.26. The van der Waals surface area contributed by atoms with Crippen LogP contribution in [0.25, 0.3) is 0 Å². The van der Waals surface area contributed by atoms with Crippen molar-refractivity contribution in [2.75, 3.05) is 32.8 Å². The Morgan fingerprint density at radius 3 is 2.60 bits per heavy atom. The zero-order valence-electron chi connectivity index (χ0n) is 14.1. The van der Waals surface area contributed by atoms with Crippen LogP contribution in [0, 0.1) is 5.82 Å². The van der Waals surface area contributed by atoms with E-state index in [4.69, 9.17) is 4.74 Å². The van der Waals surface area contributed by atoms with Crippen LogP contribution in [0.5, 0.6) is 5.75 Å². The lowest BCUT2D eigenvalue weighted by molar-refractivity contribution is -0.133. The summed E-state index contributed by atoms with van der Waals surface area (Å²) in [6, 6.07) is 9.99. The summed E-state index contributed by atoms with van der Waals surface area (Å²) in [5, 5.41) is 0. The van der Waals surface area contributed by atoms with Crippen LogP contribution in [0.2, 0.25) is 0 Å². The number of nitrogens with zero attached hydrogens (tertiary/aromatic N) is 3. The highest BCUT2D eigenvalue weighted by Crippen LogP contribution is 2.13. The highest BCUT2D eigenvalue weighted by molar-refractivity contribution is 5.76. The van der Waals surface area contributed by atoms with Crippen molar-refractivity contribution < 1.29 is 13.9 Å². The molecule has 25 heavy (non-hydrogen) atoms. The lowest BCUT2D eigenvalue weighted by Crippen LogP contribution is -2.48. The number of hydrogen-bond donors (Lipinski definition) is 0. The molecule has 1 aromatic carbocycles. The number of piperazine rings is 1. The molecule has 1 fully saturated rings. The van der Waals surface area contributed by atoms with Gasteiger partial charge in [-0.1, -0.05) is 6.07 Å². The van der Waals surface area contributed by atoms with Crippen LogP contribution in [-0.4, -0.2) is 53.5 Å². The molecule has 2 aromatic rings. The summed E-state index contributed by atoms with van der Waals surface area (Å²) in [4.78, 5) is 20.5. The van der Waals surface area contributed by atoms with Crippen molar-refractivity contribution in [1.29, 1.82) is 0 Å². The molecule has 1 saturated heterocycles. The summed E-state index contributed by atoms with van der Waals surface area (Å²) in [5.41, 5.74) is 1.23. The van der Waals surface area contributed by atoms with Crippen LogP contribution in [-0.2, 0) is 11.3 Å². The van der Waals surface area contributed by atoms with Gasteiger partial charge in [-0.25, -0.2) is 4.39 Å². The average molecular weight is 343 g/mol. The second-order valence-electron chi connectivity index (χ2n) is 6.07. The first kappa shape index (κ1) is 17.4. The summed E-state index contributed by atoms with van der Waals surface area (Å²) in [6.07, 6.45) is 3.91. The SMILES string of the molecule is O=C(CCOc1cccc(F)c1)N1CCN(Cc2ccncc2)CC1. The summed E-state index contributed by atoms with van der Waals surface area (Å²) in [5.74, 6) is 0.198. The number of rotatable bonds is 6. The fourth-order valence-corrected chi connectivity index (χ4v) is 2.87. The van der Waals surface area contributed by atoms with Crippen LogP contribution in [0.1, 0.15) is 12.0 Å². The minimum absolute atomic E-state index is 0.0833. The topological polar surface area (TPSA) is 45.7 Å². The van der Waals surface area contributed by atoms with Gasteiger partial charge in [0.25, 0.3) is 0 Å². The minimum atomic E-state index is -0.339. The van der Waals surface area contributed by atoms with Crippen LogP contribution < -0.4 is 4.74 Å². The predicted octanol–water partition coefficient (Wildman–Crippen LogP) is 2.33. The van der Waals surface area contributed by atoms with E-state index in [0.717, 1.165) is 32.7 Å². The molecule has 1 aromatic heterocycles. The summed E-state index contributed by atoms with van der Waals surface area (Å²) >= 11 is 0. The van der Waals surface area contributed by atoms with E-state index in [1.807, 2.05) is 17.0 Å². The molecule has 0 aliphatic carbocycles. The molecular formula is C19H22FN3O2. The zero-order chi connectivity index (χ0) is 17.5. The van der Waals surface area contributed by atoms with Crippen molar-refractivity contribution in [3.8, 4) is 5.75 Å². The molecule has 0 N–H and O–H groups in total. The number of ether oxygens (including phenoxy) is 1. The Morgan fingerprint density at radius 1 is 1.12 bits per heavy atom. The first-order valence-electron chi connectivity index (χ1n) is 8.48. The Morgan fingerprint density at radius 2 is 1.88 bits per heavy atom. The number of carbonyl (C=O) groups excluding carboxylic acids is 1. The van der Waals surface area contributed by atoms with E-state index in [1.165, 1.54) is 17.7 Å². The van der Waals surface area contributed by atoms with E-state index < -0.39 is 0 Å². The van der Waals surface area contributed by atoms with Crippen LogP contribution in [0.15, 0.2) is 48.8 Å². The Balaban J connectivity index is 1.38. The molecule has 0 unspecified atom stereocenters. The molecule has 0 saturated carbocycles. The lowest BCUT2D eigenvalue weighted by atomic mass is 10.2. The summed E-state index contributed by atoms with van der Waals surface area (Å²) < 4.78 is 18.5. The molecule has 0 radical (unpaired) electrons. The molecule has 132 valence electrons. The zero-order valence-corrected chi connectivity index (χ0v) is 14.1. The van der Waals surface area contributed by atoms with Gasteiger partial charge in [0.1, 0.15) is 11.6 Å². The van der Waals surface area contributed by atoms with Crippen LogP contribution in [0.3, 0.4) is 0 Å². The van der Waals surface area contributed by atoms with E-state index in [-0.39, 0.29) is 18.3 Å². The molecule has 1 amide bonds. The number of carbonyl (C=O) groups is 1. The second kappa shape index (κ2) is 8.58. The van der Waals surface area contributed by atoms with Gasteiger partial charge in [0.15, 0.2) is 0 Å². The number of pyridine rings is 1. The van der Waals surface area contributed by atoms with Crippen molar-refractivity contribution in [3.63, 3.8) is 0 Å². The monoisotopic (exact) mass is 343 g/mol. The summed E-state index contributed by atoms with van der Waals surface area (Å²) in [6.45, 7) is 4.32. The Labute approximate surface area is 147 Å². The Bertz CT molecular complexity index is 688. The Hall–Kier alpha value is -2.47. The van der Waals surface area contributed by atoms with Gasteiger partial charge in [-0.2, -0.15) is 0 Å². The van der Waals surface area contributed by atoms with Crippen molar-refractivity contribution in [3.05, 3.63) is 60.2 Å². The quantitative estimate of drug-likeness (QED) is 0.808. The van der Waals surface area contributed by atoms with Gasteiger partial charge < -0.3 is 9.64 Å². The molecule has 0 spiro atoms. The maximum Gasteiger partial charge on any atom is 0.226 e. The number of amides is 1. The van der Waals surface area contributed by atoms with Gasteiger partial charge in [-0.05, 0) is 29.8 Å². The number of aromatic nitrogens is 1. The molecule has 2 heterocycles. The standard InChI is InChI=1S/C19H22FN3O2/c20-17-2-1-3-18(14-17)25-13-6-19(24)23-11-9-22(10-12-23)15-16-4-7-21-8-5-16/h1-5,7-8,14H,6,9-13,15H2. The average Bonchev–Trinajstić information content (AvgIpc) is 2.63. The van der Waals surface area contributed by atoms with E-state index in [2.05, 4.69) is 9.88 Å². The molecule has 0 atom stereocenters. The van der Waals surface area contributed by atoms with E-state index in [9.17, 15) is 9.18 Å². The maximum absolute atomic E-state index is 13.1. The molecular weight excluding hydrogens is 321 g/mol. The molecule has 1 aliphatic heterocycles. The van der Waals surface area contributed by atoms with Crippen LogP contribution in [0.4, 0.5) is 4.39 Å². The highest BCUT2D eigenvalue weighted by atomic mass is 19.1. The van der Waals surface area contributed by atoms with Gasteiger partial charge in [0, 0.05) is 51.2 Å². The minimum Gasteiger partial charge on any atom is -0.493 e. The van der Waals surface area contributed by atoms with Gasteiger partial charge in [0.2, 0.25) is 5.91 Å². The predicted molar refractivity (Wildman–Crippen MR) is 92.6 cm³/mol. The third-order valence-electron chi connectivity index (χ3n) is 4.26. The van der Waals surface area contributed by atoms with E-state index >= 15 is 0 Å². The van der Waals surface area contributed by atoms with Crippen LogP contribution >= 0.6 is 0 Å². The fourth-order valence-electron chi connectivity index (χ4n) is 2.87. The third-order valence-corrected chi connectivity index (χ3v) is 4.26. The van der Waals surface area contributed by atoms with E-state index in [1.54, 1.807) is 24.5 Å². The fraction of sp³-hybridized carbons (Fsp3) is 0.368. The van der Waals surface area contributed by atoms with Crippen molar-refractivity contribution in [2.45, 2.75) is 13.0 Å². The number of hydrogen-bond acceptors (Lipinski definition) is 4. The number of benzene rings is 1.